The Bertz CT molecular complexity index is 399. The van der Waals surface area contributed by atoms with Gasteiger partial charge in [-0.2, -0.15) is 0 Å². The quantitative estimate of drug-likeness (QED) is 0.613. The molecule has 0 radical (unpaired) electrons. The molecule has 70 valence electrons. The van der Waals surface area contributed by atoms with Crippen molar-refractivity contribution in [2.75, 3.05) is 0 Å². The van der Waals surface area contributed by atoms with Gasteiger partial charge in [0.2, 0.25) is 0 Å². The number of hydrogen-bond acceptors (Lipinski definition) is 1. The summed E-state index contributed by atoms with van der Waals surface area (Å²) in [6, 6.07) is 9.76. The SMILES string of the molecule is C=C1CCC=C(c2ccccc2)C1=O. The Morgan fingerprint density at radius 3 is 2.57 bits per heavy atom. The zero-order chi connectivity index (χ0) is 9.97. The first-order valence-electron chi connectivity index (χ1n) is 4.77. The molecule has 1 aliphatic carbocycles. The van der Waals surface area contributed by atoms with E-state index < -0.39 is 0 Å². The van der Waals surface area contributed by atoms with Gasteiger partial charge in [-0.05, 0) is 24.0 Å². The average Bonchev–Trinajstić information content (AvgIpc) is 2.23. The molecule has 0 heterocycles. The maximum atomic E-state index is 11.8. The van der Waals surface area contributed by atoms with E-state index in [0.717, 1.165) is 29.6 Å². The maximum Gasteiger partial charge on any atom is 0.188 e. The van der Waals surface area contributed by atoms with Crippen LogP contribution in [0, 0.1) is 0 Å². The number of Topliss-reactive ketones (excluding diaryl/α,β-unsaturated/α-hetero) is 1. The second-order valence-electron chi connectivity index (χ2n) is 3.46. The molecule has 1 aliphatic rings. The molecule has 0 unspecified atom stereocenters. The highest BCUT2D eigenvalue weighted by Gasteiger charge is 2.17. The first kappa shape index (κ1) is 8.95. The molecule has 0 atom stereocenters. The van der Waals surface area contributed by atoms with E-state index >= 15 is 0 Å². The summed E-state index contributed by atoms with van der Waals surface area (Å²) >= 11 is 0. The summed E-state index contributed by atoms with van der Waals surface area (Å²) in [4.78, 5) is 11.8. The smallest absolute Gasteiger partial charge is 0.188 e. The third kappa shape index (κ3) is 1.53. The van der Waals surface area contributed by atoms with Gasteiger partial charge in [0.1, 0.15) is 0 Å². The Hall–Kier alpha value is -1.63. The van der Waals surface area contributed by atoms with Gasteiger partial charge < -0.3 is 0 Å². The highest BCUT2D eigenvalue weighted by Crippen LogP contribution is 2.25. The lowest BCUT2D eigenvalue weighted by molar-refractivity contribution is -0.110. The predicted molar refractivity (Wildman–Crippen MR) is 57.8 cm³/mol. The Kier molecular flexibility index (Phi) is 2.32. The van der Waals surface area contributed by atoms with Gasteiger partial charge in [-0.3, -0.25) is 4.79 Å². The van der Waals surface area contributed by atoms with E-state index in [2.05, 4.69) is 6.58 Å². The van der Waals surface area contributed by atoms with Crippen LogP contribution in [0.5, 0.6) is 0 Å². The van der Waals surface area contributed by atoms with E-state index in [4.69, 9.17) is 0 Å². The monoisotopic (exact) mass is 184 g/mol. The fourth-order valence-electron chi connectivity index (χ4n) is 1.65. The van der Waals surface area contributed by atoms with Gasteiger partial charge >= 0.3 is 0 Å². The molecule has 1 aromatic carbocycles. The number of hydrogen-bond donors (Lipinski definition) is 0. The van der Waals surface area contributed by atoms with Crippen LogP contribution in [0.2, 0.25) is 0 Å². The highest BCUT2D eigenvalue weighted by atomic mass is 16.1. The zero-order valence-corrected chi connectivity index (χ0v) is 7.99. The summed E-state index contributed by atoms with van der Waals surface area (Å²) in [6.07, 6.45) is 3.73. The third-order valence-electron chi connectivity index (χ3n) is 2.45. The molecule has 0 fully saturated rings. The minimum atomic E-state index is 0.0995. The van der Waals surface area contributed by atoms with Gasteiger partial charge in [0.05, 0.1) is 0 Å². The van der Waals surface area contributed by atoms with E-state index in [9.17, 15) is 4.79 Å². The summed E-state index contributed by atoms with van der Waals surface area (Å²) in [7, 11) is 0. The van der Waals surface area contributed by atoms with Gasteiger partial charge in [-0.1, -0.05) is 43.0 Å². The molecular formula is C13H12O. The molecule has 1 aromatic rings. The van der Waals surface area contributed by atoms with Crippen LogP contribution in [0.4, 0.5) is 0 Å². The van der Waals surface area contributed by atoms with Crippen molar-refractivity contribution >= 4 is 11.4 Å². The van der Waals surface area contributed by atoms with Gasteiger partial charge in [-0.25, -0.2) is 0 Å². The summed E-state index contributed by atoms with van der Waals surface area (Å²) in [5.74, 6) is 0.0995. The van der Waals surface area contributed by atoms with Crippen molar-refractivity contribution in [1.82, 2.24) is 0 Å². The van der Waals surface area contributed by atoms with E-state index in [1.54, 1.807) is 0 Å². The maximum absolute atomic E-state index is 11.8. The Morgan fingerprint density at radius 2 is 1.86 bits per heavy atom. The van der Waals surface area contributed by atoms with Crippen molar-refractivity contribution in [3.05, 3.63) is 54.1 Å². The summed E-state index contributed by atoms with van der Waals surface area (Å²) in [5.41, 5.74) is 2.53. The summed E-state index contributed by atoms with van der Waals surface area (Å²) < 4.78 is 0. The second kappa shape index (κ2) is 3.62. The largest absolute Gasteiger partial charge is 0.289 e. The normalized spacial score (nSPS) is 16.7. The molecule has 0 saturated heterocycles. The van der Waals surface area contributed by atoms with Crippen molar-refractivity contribution in [2.24, 2.45) is 0 Å². The number of rotatable bonds is 1. The number of benzene rings is 1. The average molecular weight is 184 g/mol. The molecule has 0 spiro atoms. The van der Waals surface area contributed by atoms with Crippen molar-refractivity contribution in [3.8, 4) is 0 Å². The van der Waals surface area contributed by atoms with Crippen LogP contribution < -0.4 is 0 Å². The van der Waals surface area contributed by atoms with E-state index in [1.165, 1.54) is 0 Å². The number of allylic oxidation sites excluding steroid dienone is 3. The minimum Gasteiger partial charge on any atom is -0.289 e. The van der Waals surface area contributed by atoms with E-state index in [-0.39, 0.29) is 5.78 Å². The molecule has 1 nitrogen and oxygen atoms in total. The highest BCUT2D eigenvalue weighted by molar-refractivity contribution is 6.29. The number of carbonyl (C=O) groups excluding carboxylic acids is 1. The Balaban J connectivity index is 2.40. The molecule has 1 heteroatoms. The van der Waals surface area contributed by atoms with Crippen molar-refractivity contribution < 1.29 is 4.79 Å². The summed E-state index contributed by atoms with van der Waals surface area (Å²) in [6.45, 7) is 3.78. The van der Waals surface area contributed by atoms with Gasteiger partial charge in [0, 0.05) is 5.57 Å². The first-order valence-corrected chi connectivity index (χ1v) is 4.77. The van der Waals surface area contributed by atoms with Gasteiger partial charge in [0.25, 0.3) is 0 Å². The van der Waals surface area contributed by atoms with Gasteiger partial charge in [-0.15, -0.1) is 0 Å². The fraction of sp³-hybridized carbons (Fsp3) is 0.154. The van der Waals surface area contributed by atoms with Crippen molar-refractivity contribution in [3.63, 3.8) is 0 Å². The van der Waals surface area contributed by atoms with Crippen LogP contribution in [0.25, 0.3) is 5.57 Å². The predicted octanol–water partition coefficient (Wildman–Crippen LogP) is 2.99. The van der Waals surface area contributed by atoms with Crippen LogP contribution in [0.1, 0.15) is 18.4 Å². The first-order chi connectivity index (χ1) is 6.79. The Morgan fingerprint density at radius 1 is 1.14 bits per heavy atom. The van der Waals surface area contributed by atoms with Crippen LogP contribution in [-0.4, -0.2) is 5.78 Å². The molecular weight excluding hydrogens is 172 g/mol. The lowest BCUT2D eigenvalue weighted by Gasteiger charge is -2.13. The van der Waals surface area contributed by atoms with Gasteiger partial charge in [0.15, 0.2) is 5.78 Å². The molecule has 2 rings (SSSR count). The molecule has 0 bridgehead atoms. The number of ketones is 1. The lowest BCUT2D eigenvalue weighted by atomic mass is 9.89. The summed E-state index contributed by atoms with van der Waals surface area (Å²) in [5, 5.41) is 0. The molecule has 14 heavy (non-hydrogen) atoms. The zero-order valence-electron chi connectivity index (χ0n) is 7.99. The lowest BCUT2D eigenvalue weighted by Crippen LogP contribution is -2.08. The van der Waals surface area contributed by atoms with Crippen LogP contribution in [0.3, 0.4) is 0 Å². The Labute approximate surface area is 83.8 Å². The van der Waals surface area contributed by atoms with Crippen LogP contribution in [0.15, 0.2) is 48.6 Å². The fourth-order valence-corrected chi connectivity index (χ4v) is 1.65. The van der Waals surface area contributed by atoms with Crippen LogP contribution >= 0.6 is 0 Å². The van der Waals surface area contributed by atoms with Crippen molar-refractivity contribution in [1.29, 1.82) is 0 Å². The van der Waals surface area contributed by atoms with E-state index in [1.807, 2.05) is 36.4 Å². The minimum absolute atomic E-state index is 0.0995. The molecule has 0 saturated carbocycles. The molecule has 0 aromatic heterocycles. The second-order valence-corrected chi connectivity index (χ2v) is 3.46. The molecule has 0 aliphatic heterocycles. The molecule has 0 N–H and O–H groups in total. The molecule has 0 amide bonds. The van der Waals surface area contributed by atoms with E-state index in [0.29, 0.717) is 0 Å². The number of carbonyl (C=O) groups is 1. The van der Waals surface area contributed by atoms with Crippen LogP contribution in [-0.2, 0) is 4.79 Å². The standard InChI is InChI=1S/C13H12O/c1-10-6-5-9-12(13(10)14)11-7-3-2-4-8-11/h2-4,7-9H,1,5-6H2. The topological polar surface area (TPSA) is 17.1 Å². The third-order valence-corrected chi connectivity index (χ3v) is 2.45. The van der Waals surface area contributed by atoms with Crippen molar-refractivity contribution in [2.45, 2.75) is 12.8 Å².